The predicted octanol–water partition coefficient (Wildman–Crippen LogP) is 3.11. The summed E-state index contributed by atoms with van der Waals surface area (Å²) in [5.41, 5.74) is 3.44. The van der Waals surface area contributed by atoms with E-state index in [9.17, 15) is 0 Å². The smallest absolute Gasteiger partial charge is 0.122 e. The predicted molar refractivity (Wildman–Crippen MR) is 80.0 cm³/mol. The summed E-state index contributed by atoms with van der Waals surface area (Å²) in [6, 6.07) is 14.9. The van der Waals surface area contributed by atoms with Gasteiger partial charge < -0.3 is 10.1 Å². The molecule has 0 spiro atoms. The molecule has 1 N–H and O–H groups in total. The first-order valence-corrected chi connectivity index (χ1v) is 7.18. The maximum Gasteiger partial charge on any atom is 0.122 e. The molecule has 1 aliphatic rings. The van der Waals surface area contributed by atoms with Crippen LogP contribution in [0.15, 0.2) is 42.5 Å². The minimum absolute atomic E-state index is 0.424. The van der Waals surface area contributed by atoms with Crippen LogP contribution >= 0.6 is 0 Å². The number of aromatic nitrogens is 1. The lowest BCUT2D eigenvalue weighted by atomic mass is 10.1. The maximum absolute atomic E-state index is 5.41. The quantitative estimate of drug-likeness (QED) is 0.925. The molecule has 0 bridgehead atoms. The van der Waals surface area contributed by atoms with E-state index in [1.165, 1.54) is 18.4 Å². The number of ether oxygens (including phenoxy) is 1. The van der Waals surface area contributed by atoms with Crippen molar-refractivity contribution in [2.45, 2.75) is 25.3 Å². The summed E-state index contributed by atoms with van der Waals surface area (Å²) in [5.74, 6) is 0.929. The van der Waals surface area contributed by atoms with Gasteiger partial charge in [-0.2, -0.15) is 0 Å². The number of hydrogen-bond acceptors (Lipinski definition) is 3. The summed E-state index contributed by atoms with van der Waals surface area (Å²) >= 11 is 0. The number of nitrogens with one attached hydrogen (secondary N) is 1. The van der Waals surface area contributed by atoms with Gasteiger partial charge in [0.25, 0.3) is 0 Å². The highest BCUT2D eigenvalue weighted by Crippen LogP contribution is 2.23. The fourth-order valence-electron chi connectivity index (χ4n) is 2.77. The van der Waals surface area contributed by atoms with Crippen LogP contribution in [0.25, 0.3) is 0 Å². The van der Waals surface area contributed by atoms with Gasteiger partial charge in [0.1, 0.15) is 5.75 Å². The minimum atomic E-state index is 0.424. The van der Waals surface area contributed by atoms with Gasteiger partial charge in [-0.15, -0.1) is 0 Å². The van der Waals surface area contributed by atoms with Crippen molar-refractivity contribution in [2.75, 3.05) is 13.7 Å². The van der Waals surface area contributed by atoms with Gasteiger partial charge in [-0.1, -0.05) is 24.3 Å². The van der Waals surface area contributed by atoms with Gasteiger partial charge >= 0.3 is 0 Å². The van der Waals surface area contributed by atoms with Crippen LogP contribution in [-0.2, 0) is 6.42 Å². The van der Waals surface area contributed by atoms with Gasteiger partial charge in [0.2, 0.25) is 0 Å². The second-order valence-electron chi connectivity index (χ2n) is 5.19. The number of methoxy groups -OCH3 is 1. The molecular weight excluding hydrogens is 248 g/mol. The number of pyridine rings is 1. The third-order valence-corrected chi connectivity index (χ3v) is 3.81. The Hall–Kier alpha value is -1.87. The highest BCUT2D eigenvalue weighted by atomic mass is 16.5. The molecule has 0 aliphatic carbocycles. The van der Waals surface area contributed by atoms with Crippen LogP contribution in [0.2, 0.25) is 0 Å². The first-order chi connectivity index (χ1) is 9.86. The van der Waals surface area contributed by atoms with Crippen LogP contribution < -0.4 is 10.1 Å². The van der Waals surface area contributed by atoms with E-state index in [2.05, 4.69) is 29.6 Å². The lowest BCUT2D eigenvalue weighted by Gasteiger charge is -2.12. The topological polar surface area (TPSA) is 34.1 Å². The second kappa shape index (κ2) is 6.06. The van der Waals surface area contributed by atoms with Crippen molar-refractivity contribution in [3.63, 3.8) is 0 Å². The Morgan fingerprint density at radius 1 is 1.20 bits per heavy atom. The van der Waals surface area contributed by atoms with Crippen LogP contribution in [0.3, 0.4) is 0 Å². The van der Waals surface area contributed by atoms with Gasteiger partial charge in [-0.3, -0.25) is 4.98 Å². The average molecular weight is 268 g/mol. The van der Waals surface area contributed by atoms with E-state index in [0.29, 0.717) is 6.04 Å². The van der Waals surface area contributed by atoms with Crippen molar-refractivity contribution in [1.82, 2.24) is 10.3 Å². The normalized spacial score (nSPS) is 18.1. The van der Waals surface area contributed by atoms with Gasteiger partial charge in [0, 0.05) is 23.7 Å². The Morgan fingerprint density at radius 2 is 2.10 bits per heavy atom. The summed E-state index contributed by atoms with van der Waals surface area (Å²) in [5, 5.41) is 3.50. The van der Waals surface area contributed by atoms with E-state index >= 15 is 0 Å². The molecule has 1 aliphatic heterocycles. The SMILES string of the molecule is COc1ccccc1Cc1cccc([C@@H]2CCCN2)n1. The van der Waals surface area contributed by atoms with Crippen molar-refractivity contribution in [3.8, 4) is 5.75 Å². The number of rotatable bonds is 4. The first kappa shape index (κ1) is 13.1. The summed E-state index contributed by atoms with van der Waals surface area (Å²) in [7, 11) is 1.71. The highest BCUT2D eigenvalue weighted by Gasteiger charge is 2.17. The third-order valence-electron chi connectivity index (χ3n) is 3.81. The van der Waals surface area contributed by atoms with E-state index in [1.54, 1.807) is 7.11 Å². The molecule has 1 fully saturated rings. The Labute approximate surface area is 120 Å². The first-order valence-electron chi connectivity index (χ1n) is 7.18. The molecule has 0 unspecified atom stereocenters. The van der Waals surface area contributed by atoms with Crippen molar-refractivity contribution in [2.24, 2.45) is 0 Å². The molecule has 3 heteroatoms. The Kier molecular flexibility index (Phi) is 3.97. The van der Waals surface area contributed by atoms with Crippen molar-refractivity contribution in [1.29, 1.82) is 0 Å². The summed E-state index contributed by atoms with van der Waals surface area (Å²) in [6.07, 6.45) is 3.23. The van der Waals surface area contributed by atoms with Crippen molar-refractivity contribution in [3.05, 3.63) is 59.4 Å². The highest BCUT2D eigenvalue weighted by molar-refractivity contribution is 5.36. The fourth-order valence-corrected chi connectivity index (χ4v) is 2.77. The molecule has 0 amide bonds. The van der Waals surface area contributed by atoms with E-state index in [4.69, 9.17) is 9.72 Å². The van der Waals surface area contributed by atoms with E-state index in [-0.39, 0.29) is 0 Å². The Morgan fingerprint density at radius 3 is 2.90 bits per heavy atom. The summed E-state index contributed by atoms with van der Waals surface area (Å²) < 4.78 is 5.41. The largest absolute Gasteiger partial charge is 0.496 e. The van der Waals surface area contributed by atoms with E-state index in [1.807, 2.05) is 18.2 Å². The number of hydrogen-bond donors (Lipinski definition) is 1. The van der Waals surface area contributed by atoms with Gasteiger partial charge in [0.15, 0.2) is 0 Å². The van der Waals surface area contributed by atoms with Gasteiger partial charge in [-0.05, 0) is 37.6 Å². The number of benzene rings is 1. The van der Waals surface area contributed by atoms with Gasteiger partial charge in [0.05, 0.1) is 12.8 Å². The van der Waals surface area contributed by atoms with Crippen molar-refractivity contribution >= 4 is 0 Å². The van der Waals surface area contributed by atoms with Crippen molar-refractivity contribution < 1.29 is 4.74 Å². The molecule has 1 aromatic heterocycles. The molecule has 0 saturated carbocycles. The molecule has 1 saturated heterocycles. The molecule has 2 heterocycles. The standard InChI is InChI=1S/C17H20N2O/c1-20-17-10-3-2-6-13(17)12-14-7-4-8-16(19-14)15-9-5-11-18-15/h2-4,6-8,10,15,18H,5,9,11-12H2,1H3/t15-/m0/s1. The van der Waals surface area contributed by atoms with Crippen LogP contribution in [0.4, 0.5) is 0 Å². The molecule has 0 radical (unpaired) electrons. The summed E-state index contributed by atoms with van der Waals surface area (Å²) in [6.45, 7) is 1.10. The van der Waals surface area contributed by atoms with Crippen LogP contribution in [0.5, 0.6) is 5.75 Å². The monoisotopic (exact) mass is 268 g/mol. The number of para-hydroxylation sites is 1. The maximum atomic E-state index is 5.41. The zero-order valence-corrected chi connectivity index (χ0v) is 11.8. The minimum Gasteiger partial charge on any atom is -0.496 e. The van der Waals surface area contributed by atoms with Gasteiger partial charge in [-0.25, -0.2) is 0 Å². The van der Waals surface area contributed by atoms with Crippen LogP contribution in [-0.4, -0.2) is 18.6 Å². The fraction of sp³-hybridized carbons (Fsp3) is 0.353. The lowest BCUT2D eigenvalue weighted by Crippen LogP contribution is -2.14. The second-order valence-corrected chi connectivity index (χ2v) is 5.19. The van der Waals surface area contributed by atoms with E-state index in [0.717, 1.165) is 30.1 Å². The molecule has 3 rings (SSSR count). The molecule has 1 aromatic carbocycles. The molecule has 104 valence electrons. The molecule has 1 atom stereocenters. The summed E-state index contributed by atoms with van der Waals surface area (Å²) in [4.78, 5) is 4.81. The average Bonchev–Trinajstić information content (AvgIpc) is 3.02. The van der Waals surface area contributed by atoms with Crippen LogP contribution in [0.1, 0.15) is 35.8 Å². The molecule has 2 aromatic rings. The zero-order chi connectivity index (χ0) is 13.8. The molecular formula is C17H20N2O. The lowest BCUT2D eigenvalue weighted by molar-refractivity contribution is 0.410. The Balaban J connectivity index is 1.82. The molecule has 20 heavy (non-hydrogen) atoms. The zero-order valence-electron chi connectivity index (χ0n) is 11.8. The Bertz CT molecular complexity index is 577. The number of nitrogens with zero attached hydrogens (tertiary/aromatic N) is 1. The van der Waals surface area contributed by atoms with E-state index < -0.39 is 0 Å². The third kappa shape index (κ3) is 2.83. The molecule has 3 nitrogen and oxygen atoms in total. The van der Waals surface area contributed by atoms with Crippen LogP contribution in [0, 0.1) is 0 Å².